The molecule has 1 aliphatic heterocycles. The number of hydrogen-bond donors (Lipinski definition) is 4. The van der Waals surface area contributed by atoms with Crippen molar-refractivity contribution in [2.75, 3.05) is 25.5 Å². The SMILES string of the molecule is CCC1C(O)C2C(CC(O)C3(C)C(C(C)CCC(=O)N(CCS(=O)(=O)O)C4CCOCC4)CCC23)C2(C)CCC(O)CC12. The summed E-state index contributed by atoms with van der Waals surface area (Å²) >= 11 is 0. The van der Waals surface area contributed by atoms with Crippen LogP contribution < -0.4 is 0 Å². The molecule has 1 saturated heterocycles. The average molecular weight is 628 g/mol. The van der Waals surface area contributed by atoms with E-state index in [-0.39, 0.29) is 76.9 Å². The van der Waals surface area contributed by atoms with E-state index >= 15 is 0 Å². The first-order valence-electron chi connectivity index (χ1n) is 17.1. The van der Waals surface area contributed by atoms with Gasteiger partial charge in [0.2, 0.25) is 5.91 Å². The standard InChI is InChI=1S/C33H57NO8S/c1-5-23-26-18-22(35)10-13-32(26,3)27-19-28(36)33(4)24(7-8-25(33)30(27)31(23)38)20(2)6-9-29(37)34(14-17-43(39,40)41)21-11-15-42-16-12-21/h20-28,30-31,35-36,38H,5-19H2,1-4H3,(H,39,40,41). The Labute approximate surface area is 258 Å². The zero-order valence-corrected chi connectivity index (χ0v) is 27.6. The van der Waals surface area contributed by atoms with Gasteiger partial charge in [-0.05, 0) is 110 Å². The van der Waals surface area contributed by atoms with Crippen LogP contribution in [0.25, 0.3) is 0 Å². The molecule has 12 unspecified atom stereocenters. The monoisotopic (exact) mass is 627 g/mol. The maximum atomic E-state index is 13.5. The van der Waals surface area contributed by atoms with Crippen molar-refractivity contribution in [3.8, 4) is 0 Å². The molecule has 0 spiro atoms. The molecule has 4 saturated carbocycles. The van der Waals surface area contributed by atoms with Crippen LogP contribution in [0.2, 0.25) is 0 Å². The summed E-state index contributed by atoms with van der Waals surface area (Å²) in [6, 6.07) is -0.0887. The fourth-order valence-corrected chi connectivity index (χ4v) is 11.7. The third kappa shape index (κ3) is 6.19. The smallest absolute Gasteiger partial charge is 0.266 e. The second kappa shape index (κ2) is 12.8. The molecule has 248 valence electrons. The van der Waals surface area contributed by atoms with Crippen molar-refractivity contribution in [1.82, 2.24) is 4.90 Å². The molecule has 4 N–H and O–H groups in total. The van der Waals surface area contributed by atoms with E-state index in [1.807, 2.05) is 0 Å². The molecule has 5 aliphatic rings. The van der Waals surface area contributed by atoms with Crippen LogP contribution in [0.1, 0.15) is 98.3 Å². The van der Waals surface area contributed by atoms with E-state index in [4.69, 9.17) is 4.74 Å². The van der Waals surface area contributed by atoms with Crippen LogP contribution in [0.15, 0.2) is 0 Å². The van der Waals surface area contributed by atoms with Crippen LogP contribution in [0, 0.1) is 52.3 Å². The third-order valence-electron chi connectivity index (χ3n) is 13.6. The van der Waals surface area contributed by atoms with Gasteiger partial charge in [0.1, 0.15) is 0 Å². The highest BCUT2D eigenvalue weighted by molar-refractivity contribution is 7.85. The fourth-order valence-electron chi connectivity index (χ4n) is 11.3. The topological polar surface area (TPSA) is 145 Å². The molecule has 0 aromatic rings. The Bertz CT molecular complexity index is 1100. The molecule has 0 aromatic heterocycles. The summed E-state index contributed by atoms with van der Waals surface area (Å²) in [6.07, 6.45) is 7.05. The molecule has 0 radical (unpaired) electrons. The molecule has 5 fully saturated rings. The normalized spacial score (nSPS) is 44.2. The maximum Gasteiger partial charge on any atom is 0.266 e. The molecule has 4 aliphatic carbocycles. The molecular weight excluding hydrogens is 570 g/mol. The van der Waals surface area contributed by atoms with Crippen LogP contribution in [0.4, 0.5) is 0 Å². The van der Waals surface area contributed by atoms with Gasteiger partial charge in [0, 0.05) is 32.2 Å². The van der Waals surface area contributed by atoms with Crippen molar-refractivity contribution < 1.29 is 37.8 Å². The first-order chi connectivity index (χ1) is 20.2. The summed E-state index contributed by atoms with van der Waals surface area (Å²) in [5.41, 5.74) is -0.330. The average Bonchev–Trinajstić information content (AvgIpc) is 3.32. The highest BCUT2D eigenvalue weighted by atomic mass is 32.2. The molecule has 0 bridgehead atoms. The lowest BCUT2D eigenvalue weighted by Crippen LogP contribution is -2.65. The predicted octanol–water partition coefficient (Wildman–Crippen LogP) is 3.90. The Morgan fingerprint density at radius 3 is 2.35 bits per heavy atom. The molecular formula is C33H57NO8S. The number of carbonyl (C=O) groups is 1. The number of aliphatic hydroxyl groups is 3. The van der Waals surface area contributed by atoms with Crippen molar-refractivity contribution >= 4 is 16.0 Å². The lowest BCUT2D eigenvalue weighted by atomic mass is 9.41. The Balaban J connectivity index is 1.31. The number of rotatable bonds is 9. The number of fused-ring (bicyclic) bond motifs is 5. The van der Waals surface area contributed by atoms with Crippen LogP contribution in [-0.2, 0) is 19.6 Å². The minimum atomic E-state index is -4.18. The van der Waals surface area contributed by atoms with Crippen molar-refractivity contribution in [2.24, 2.45) is 52.3 Å². The molecule has 1 heterocycles. The van der Waals surface area contributed by atoms with Gasteiger partial charge in [-0.1, -0.05) is 34.1 Å². The predicted molar refractivity (Wildman–Crippen MR) is 164 cm³/mol. The molecule has 9 nitrogen and oxygen atoms in total. The number of nitrogens with zero attached hydrogens (tertiary/aromatic N) is 1. The van der Waals surface area contributed by atoms with Crippen molar-refractivity contribution in [1.29, 1.82) is 0 Å². The van der Waals surface area contributed by atoms with E-state index in [2.05, 4.69) is 27.7 Å². The molecule has 1 amide bonds. The van der Waals surface area contributed by atoms with E-state index < -0.39 is 28.1 Å². The highest BCUT2D eigenvalue weighted by Gasteiger charge is 2.67. The van der Waals surface area contributed by atoms with Gasteiger partial charge in [0.05, 0.1) is 24.1 Å². The van der Waals surface area contributed by atoms with E-state index in [1.165, 1.54) is 0 Å². The lowest BCUT2D eigenvalue weighted by Gasteiger charge is -2.65. The lowest BCUT2D eigenvalue weighted by molar-refractivity contribution is -0.228. The second-order valence-corrected chi connectivity index (χ2v) is 17.0. The van der Waals surface area contributed by atoms with Gasteiger partial charge in [-0.25, -0.2) is 0 Å². The third-order valence-corrected chi connectivity index (χ3v) is 14.3. The van der Waals surface area contributed by atoms with Crippen molar-refractivity contribution in [2.45, 2.75) is 123 Å². The van der Waals surface area contributed by atoms with Gasteiger partial charge in [-0.3, -0.25) is 9.35 Å². The van der Waals surface area contributed by atoms with Gasteiger partial charge in [-0.15, -0.1) is 0 Å². The maximum absolute atomic E-state index is 13.5. The summed E-state index contributed by atoms with van der Waals surface area (Å²) in [7, 11) is -4.18. The number of aliphatic hydroxyl groups excluding tert-OH is 3. The summed E-state index contributed by atoms with van der Waals surface area (Å²) in [5.74, 6) is 0.873. The van der Waals surface area contributed by atoms with Crippen LogP contribution in [0.3, 0.4) is 0 Å². The van der Waals surface area contributed by atoms with Gasteiger partial charge in [-0.2, -0.15) is 8.42 Å². The van der Waals surface area contributed by atoms with Crippen molar-refractivity contribution in [3.63, 3.8) is 0 Å². The summed E-state index contributed by atoms with van der Waals surface area (Å²) in [4.78, 5) is 15.1. The van der Waals surface area contributed by atoms with E-state index in [1.54, 1.807) is 4.90 Å². The number of ether oxygens (including phenoxy) is 1. The van der Waals surface area contributed by atoms with E-state index in [9.17, 15) is 33.1 Å². The number of amides is 1. The number of carbonyl (C=O) groups excluding carboxylic acids is 1. The summed E-state index contributed by atoms with van der Waals surface area (Å²) in [5, 5.41) is 34.5. The Hall–Kier alpha value is -0.780. The van der Waals surface area contributed by atoms with Gasteiger partial charge in [0.25, 0.3) is 10.1 Å². The first kappa shape index (κ1) is 33.6. The first-order valence-corrected chi connectivity index (χ1v) is 18.7. The molecule has 12 atom stereocenters. The zero-order chi connectivity index (χ0) is 31.3. The van der Waals surface area contributed by atoms with Crippen LogP contribution in [-0.4, -0.2) is 89.0 Å². The number of hydrogen-bond acceptors (Lipinski definition) is 7. The van der Waals surface area contributed by atoms with Crippen LogP contribution in [0.5, 0.6) is 0 Å². The van der Waals surface area contributed by atoms with Crippen molar-refractivity contribution in [3.05, 3.63) is 0 Å². The molecule has 43 heavy (non-hydrogen) atoms. The molecule has 0 aromatic carbocycles. The van der Waals surface area contributed by atoms with Gasteiger partial charge in [0.15, 0.2) is 0 Å². The summed E-state index contributed by atoms with van der Waals surface area (Å²) < 4.78 is 37.8. The van der Waals surface area contributed by atoms with E-state index in [0.717, 1.165) is 38.5 Å². The molecule has 10 heteroatoms. The second-order valence-electron chi connectivity index (χ2n) is 15.4. The largest absolute Gasteiger partial charge is 0.393 e. The fraction of sp³-hybridized carbons (Fsp3) is 0.970. The Kier molecular flexibility index (Phi) is 9.98. The zero-order valence-electron chi connectivity index (χ0n) is 26.7. The van der Waals surface area contributed by atoms with Gasteiger partial charge < -0.3 is 25.0 Å². The summed E-state index contributed by atoms with van der Waals surface area (Å²) in [6.45, 7) is 10.0. The van der Waals surface area contributed by atoms with E-state index in [0.29, 0.717) is 45.3 Å². The van der Waals surface area contributed by atoms with Gasteiger partial charge >= 0.3 is 0 Å². The Morgan fingerprint density at radius 1 is 1.00 bits per heavy atom. The van der Waals surface area contributed by atoms with Crippen LogP contribution >= 0.6 is 0 Å². The molecule has 5 rings (SSSR count). The quantitative estimate of drug-likeness (QED) is 0.282. The highest BCUT2D eigenvalue weighted by Crippen LogP contribution is 2.69. The Morgan fingerprint density at radius 2 is 1.70 bits per heavy atom. The minimum absolute atomic E-state index is 0.0118. The minimum Gasteiger partial charge on any atom is -0.393 e.